The number of aryl methyl sites for hydroxylation is 3. The van der Waals surface area contributed by atoms with E-state index in [2.05, 4.69) is 15.4 Å². The summed E-state index contributed by atoms with van der Waals surface area (Å²) >= 11 is 0. The summed E-state index contributed by atoms with van der Waals surface area (Å²) in [5.74, 6) is -0.351. The van der Waals surface area contributed by atoms with Crippen molar-refractivity contribution < 1.29 is 9.53 Å². The quantitative estimate of drug-likeness (QED) is 0.673. The Morgan fingerprint density at radius 1 is 1.26 bits per heavy atom. The van der Waals surface area contributed by atoms with Crippen molar-refractivity contribution in [1.29, 1.82) is 0 Å². The summed E-state index contributed by atoms with van der Waals surface area (Å²) in [4.78, 5) is 11.8. The zero-order valence-corrected chi connectivity index (χ0v) is 13.0. The Morgan fingerprint density at radius 3 is 2.83 bits per heavy atom. The van der Waals surface area contributed by atoms with E-state index in [1.54, 1.807) is 16.9 Å². The number of carbonyl (C=O) groups excluding carboxylic acids is 1. The Bertz CT molecular complexity index is 808. The fourth-order valence-corrected chi connectivity index (χ4v) is 2.29. The van der Waals surface area contributed by atoms with E-state index in [-0.39, 0.29) is 5.97 Å². The van der Waals surface area contributed by atoms with Crippen molar-refractivity contribution >= 4 is 5.97 Å². The third-order valence-corrected chi connectivity index (χ3v) is 3.59. The van der Waals surface area contributed by atoms with E-state index in [9.17, 15) is 4.79 Å². The van der Waals surface area contributed by atoms with Gasteiger partial charge in [0, 0.05) is 18.0 Å². The Morgan fingerprint density at radius 2 is 2.09 bits per heavy atom. The van der Waals surface area contributed by atoms with E-state index in [1.165, 1.54) is 7.11 Å². The number of hydrogen-bond donors (Lipinski definition) is 0. The smallest absolute Gasteiger partial charge is 0.338 e. The highest BCUT2D eigenvalue weighted by atomic mass is 16.5. The van der Waals surface area contributed by atoms with Crippen LogP contribution in [-0.4, -0.2) is 37.9 Å². The van der Waals surface area contributed by atoms with E-state index >= 15 is 0 Å². The summed E-state index contributed by atoms with van der Waals surface area (Å²) in [6.07, 6.45) is 5.50. The average molecular weight is 311 g/mol. The summed E-state index contributed by atoms with van der Waals surface area (Å²) in [6.45, 7) is 3.26. The summed E-state index contributed by atoms with van der Waals surface area (Å²) in [7, 11) is 1.38. The summed E-state index contributed by atoms with van der Waals surface area (Å²) in [6, 6.07) is 7.46. The van der Waals surface area contributed by atoms with Gasteiger partial charge in [0.25, 0.3) is 0 Å². The number of methoxy groups -OCH3 is 1. The van der Waals surface area contributed by atoms with Gasteiger partial charge in [-0.05, 0) is 24.6 Å². The van der Waals surface area contributed by atoms with E-state index in [0.29, 0.717) is 12.1 Å². The van der Waals surface area contributed by atoms with Crippen LogP contribution in [0.1, 0.15) is 15.9 Å². The van der Waals surface area contributed by atoms with Crippen LogP contribution in [0.4, 0.5) is 0 Å². The molecular formula is C16H17N5O2. The second-order valence-corrected chi connectivity index (χ2v) is 5.16. The number of ether oxygens (including phenoxy) is 1. The minimum absolute atomic E-state index is 0.351. The molecule has 23 heavy (non-hydrogen) atoms. The van der Waals surface area contributed by atoms with Gasteiger partial charge in [0.1, 0.15) is 5.69 Å². The summed E-state index contributed by atoms with van der Waals surface area (Å²) < 4.78 is 8.40. The molecule has 118 valence electrons. The number of benzene rings is 1. The number of aromatic nitrogens is 5. The molecular weight excluding hydrogens is 294 g/mol. The van der Waals surface area contributed by atoms with Gasteiger partial charge in [-0.25, -0.2) is 4.79 Å². The highest BCUT2D eigenvalue weighted by Gasteiger charge is 2.12. The van der Waals surface area contributed by atoms with Gasteiger partial charge in [-0.1, -0.05) is 17.3 Å². The molecule has 0 bridgehead atoms. The maximum atomic E-state index is 11.8. The minimum Gasteiger partial charge on any atom is -0.465 e. The predicted octanol–water partition coefficient (Wildman–Crippen LogP) is 1.94. The van der Waals surface area contributed by atoms with Crippen LogP contribution < -0.4 is 0 Å². The normalized spacial score (nSPS) is 10.7. The monoisotopic (exact) mass is 311 g/mol. The molecule has 0 aliphatic rings. The van der Waals surface area contributed by atoms with Gasteiger partial charge in [-0.3, -0.25) is 9.36 Å². The fourth-order valence-electron chi connectivity index (χ4n) is 2.29. The molecule has 0 saturated carbocycles. The predicted molar refractivity (Wildman–Crippen MR) is 83.8 cm³/mol. The van der Waals surface area contributed by atoms with Gasteiger partial charge in [-0.2, -0.15) is 5.10 Å². The molecule has 0 amide bonds. The van der Waals surface area contributed by atoms with Gasteiger partial charge in [0.15, 0.2) is 0 Å². The van der Waals surface area contributed by atoms with E-state index in [0.717, 1.165) is 23.4 Å². The van der Waals surface area contributed by atoms with Gasteiger partial charge in [0.05, 0.1) is 32.0 Å². The van der Waals surface area contributed by atoms with Gasteiger partial charge < -0.3 is 4.74 Å². The number of rotatable bonds is 5. The molecule has 3 aromatic rings. The number of carbonyl (C=O) groups is 1. The van der Waals surface area contributed by atoms with Crippen molar-refractivity contribution in [3.63, 3.8) is 0 Å². The largest absolute Gasteiger partial charge is 0.465 e. The fraction of sp³-hybridized carbons (Fsp3) is 0.250. The third-order valence-electron chi connectivity index (χ3n) is 3.59. The van der Waals surface area contributed by atoms with Crippen LogP contribution in [0.5, 0.6) is 0 Å². The zero-order valence-electron chi connectivity index (χ0n) is 13.0. The Labute approximate surface area is 133 Å². The Hall–Kier alpha value is -2.96. The molecule has 0 aliphatic heterocycles. The molecule has 0 fully saturated rings. The molecule has 0 unspecified atom stereocenters. The SMILES string of the molecule is COC(=O)c1cc(-c2cn(CCn3cccn3)nn2)ccc1C. The summed E-state index contributed by atoms with van der Waals surface area (Å²) in [5, 5.41) is 12.4. The zero-order chi connectivity index (χ0) is 16.2. The third kappa shape index (κ3) is 3.28. The lowest BCUT2D eigenvalue weighted by atomic mass is 10.0. The van der Waals surface area contributed by atoms with Crippen LogP contribution in [0.3, 0.4) is 0 Å². The Balaban J connectivity index is 1.78. The van der Waals surface area contributed by atoms with Crippen LogP contribution in [0.15, 0.2) is 42.9 Å². The standard InChI is InChI=1S/C16H17N5O2/c1-12-4-5-13(10-14(12)16(22)23-2)15-11-21(19-18-15)9-8-20-7-3-6-17-20/h3-7,10-11H,8-9H2,1-2H3. The first-order valence-electron chi connectivity index (χ1n) is 7.24. The highest BCUT2D eigenvalue weighted by molar-refractivity contribution is 5.92. The van der Waals surface area contributed by atoms with Crippen LogP contribution in [-0.2, 0) is 17.8 Å². The molecule has 0 aliphatic carbocycles. The first kappa shape index (κ1) is 15.0. The molecule has 0 atom stereocenters. The second-order valence-electron chi connectivity index (χ2n) is 5.16. The lowest BCUT2D eigenvalue weighted by Crippen LogP contribution is -2.08. The van der Waals surface area contributed by atoms with E-state index < -0.39 is 0 Å². The number of esters is 1. The molecule has 7 heteroatoms. The van der Waals surface area contributed by atoms with Crippen molar-refractivity contribution in [2.24, 2.45) is 0 Å². The molecule has 7 nitrogen and oxygen atoms in total. The lowest BCUT2D eigenvalue weighted by molar-refractivity contribution is 0.0600. The van der Waals surface area contributed by atoms with Gasteiger partial charge in [-0.15, -0.1) is 5.10 Å². The van der Waals surface area contributed by atoms with Crippen molar-refractivity contribution in [2.45, 2.75) is 20.0 Å². The van der Waals surface area contributed by atoms with Crippen molar-refractivity contribution in [1.82, 2.24) is 24.8 Å². The minimum atomic E-state index is -0.351. The molecule has 2 heterocycles. The average Bonchev–Trinajstić information content (AvgIpc) is 3.24. The second kappa shape index (κ2) is 6.43. The molecule has 0 saturated heterocycles. The molecule has 1 aromatic carbocycles. The maximum Gasteiger partial charge on any atom is 0.338 e. The molecule has 0 N–H and O–H groups in total. The van der Waals surface area contributed by atoms with Gasteiger partial charge in [0.2, 0.25) is 0 Å². The molecule has 0 spiro atoms. The number of nitrogens with zero attached hydrogens (tertiary/aromatic N) is 5. The lowest BCUT2D eigenvalue weighted by Gasteiger charge is -2.05. The van der Waals surface area contributed by atoms with E-state index in [4.69, 9.17) is 4.74 Å². The molecule has 2 aromatic heterocycles. The number of hydrogen-bond acceptors (Lipinski definition) is 5. The van der Waals surface area contributed by atoms with Crippen molar-refractivity contribution in [2.75, 3.05) is 7.11 Å². The first-order chi connectivity index (χ1) is 11.2. The molecule has 0 radical (unpaired) electrons. The van der Waals surface area contributed by atoms with E-state index in [1.807, 2.05) is 42.2 Å². The van der Waals surface area contributed by atoms with Crippen LogP contribution >= 0.6 is 0 Å². The topological polar surface area (TPSA) is 74.8 Å². The molecule has 3 rings (SSSR count). The summed E-state index contributed by atoms with van der Waals surface area (Å²) in [5.41, 5.74) is 2.96. The van der Waals surface area contributed by atoms with Crippen molar-refractivity contribution in [3.05, 3.63) is 54.0 Å². The van der Waals surface area contributed by atoms with Crippen LogP contribution in [0.2, 0.25) is 0 Å². The van der Waals surface area contributed by atoms with Crippen LogP contribution in [0.25, 0.3) is 11.3 Å². The highest BCUT2D eigenvalue weighted by Crippen LogP contribution is 2.21. The Kier molecular flexibility index (Phi) is 4.18. The van der Waals surface area contributed by atoms with Crippen molar-refractivity contribution in [3.8, 4) is 11.3 Å². The van der Waals surface area contributed by atoms with Gasteiger partial charge >= 0.3 is 5.97 Å². The van der Waals surface area contributed by atoms with Crippen LogP contribution in [0, 0.1) is 6.92 Å². The maximum absolute atomic E-state index is 11.8. The first-order valence-corrected chi connectivity index (χ1v) is 7.24.